The van der Waals surface area contributed by atoms with Gasteiger partial charge in [0.05, 0.1) is 17.6 Å². The highest BCUT2D eigenvalue weighted by Gasteiger charge is 2.17. The molecule has 0 saturated heterocycles. The van der Waals surface area contributed by atoms with Crippen LogP contribution in [0.1, 0.15) is 6.42 Å². The van der Waals surface area contributed by atoms with Crippen molar-refractivity contribution in [2.24, 2.45) is 0 Å². The van der Waals surface area contributed by atoms with E-state index in [-0.39, 0.29) is 18.3 Å². The van der Waals surface area contributed by atoms with Crippen LogP contribution in [0.2, 0.25) is 5.02 Å². The number of nitro benzene ring substituents is 1. The summed E-state index contributed by atoms with van der Waals surface area (Å²) in [6.07, 6.45) is 0.438. The Bertz CT molecular complexity index is 408. The number of aliphatic hydroxyl groups is 1. The van der Waals surface area contributed by atoms with Gasteiger partial charge in [0.25, 0.3) is 5.69 Å². The molecule has 1 aromatic carbocycles. The fourth-order valence-electron chi connectivity index (χ4n) is 1.55. The summed E-state index contributed by atoms with van der Waals surface area (Å²) in [6, 6.07) is 4.20. The van der Waals surface area contributed by atoms with Gasteiger partial charge in [-0.15, -0.1) is 0 Å². The summed E-state index contributed by atoms with van der Waals surface area (Å²) in [5.74, 6) is 0. The maximum absolute atomic E-state index is 10.9. The molecule has 0 fully saturated rings. The lowest BCUT2D eigenvalue weighted by molar-refractivity contribution is -0.384. The minimum Gasteiger partial charge on any atom is -0.396 e. The van der Waals surface area contributed by atoms with Gasteiger partial charge < -0.3 is 15.2 Å². The van der Waals surface area contributed by atoms with Crippen LogP contribution in [0.4, 0.5) is 11.4 Å². The van der Waals surface area contributed by atoms with Crippen molar-refractivity contribution >= 4 is 23.0 Å². The van der Waals surface area contributed by atoms with Gasteiger partial charge in [-0.3, -0.25) is 10.1 Å². The average Bonchev–Trinajstić information content (AvgIpc) is 2.32. The van der Waals surface area contributed by atoms with E-state index in [0.29, 0.717) is 23.7 Å². The zero-order chi connectivity index (χ0) is 13.5. The number of hydrogen-bond donors (Lipinski definition) is 2. The number of hydrogen-bond acceptors (Lipinski definition) is 5. The standard InChI is InChI=1S/C11H15ClN2O4/c1-18-7-9(4-5-15)13-10-3-2-8(12)6-11(10)14(16)17/h2-3,6,9,13,15H,4-5,7H2,1H3. The second-order valence-corrected chi connectivity index (χ2v) is 4.16. The van der Waals surface area contributed by atoms with Crippen LogP contribution in [0.5, 0.6) is 0 Å². The maximum atomic E-state index is 10.9. The highest BCUT2D eigenvalue weighted by atomic mass is 35.5. The molecule has 0 aromatic heterocycles. The first-order valence-electron chi connectivity index (χ1n) is 5.38. The smallest absolute Gasteiger partial charge is 0.293 e. The van der Waals surface area contributed by atoms with E-state index in [2.05, 4.69) is 5.32 Å². The second-order valence-electron chi connectivity index (χ2n) is 3.73. The summed E-state index contributed by atoms with van der Waals surface area (Å²) < 4.78 is 4.98. The van der Waals surface area contributed by atoms with Crippen LogP contribution in [0, 0.1) is 10.1 Å². The SMILES string of the molecule is COCC(CCO)Nc1ccc(Cl)cc1[N+](=O)[O-]. The van der Waals surface area contributed by atoms with Crippen LogP contribution in [0.25, 0.3) is 0 Å². The van der Waals surface area contributed by atoms with E-state index >= 15 is 0 Å². The Balaban J connectivity index is 2.90. The first-order valence-corrected chi connectivity index (χ1v) is 5.76. The molecule has 0 aliphatic rings. The van der Waals surface area contributed by atoms with E-state index in [1.807, 2.05) is 0 Å². The summed E-state index contributed by atoms with van der Waals surface area (Å²) in [5.41, 5.74) is 0.265. The Morgan fingerprint density at radius 1 is 1.61 bits per heavy atom. The Labute approximate surface area is 110 Å². The van der Waals surface area contributed by atoms with Gasteiger partial charge in [0, 0.05) is 24.8 Å². The molecule has 2 N–H and O–H groups in total. The third-order valence-corrected chi connectivity index (χ3v) is 2.60. The molecule has 6 nitrogen and oxygen atoms in total. The van der Waals surface area contributed by atoms with E-state index in [4.69, 9.17) is 21.4 Å². The van der Waals surface area contributed by atoms with Crippen molar-refractivity contribution in [2.45, 2.75) is 12.5 Å². The van der Waals surface area contributed by atoms with Crippen molar-refractivity contribution in [3.8, 4) is 0 Å². The van der Waals surface area contributed by atoms with Crippen molar-refractivity contribution in [2.75, 3.05) is 25.6 Å². The van der Waals surface area contributed by atoms with Crippen LogP contribution < -0.4 is 5.32 Å². The third kappa shape index (κ3) is 4.14. The number of anilines is 1. The van der Waals surface area contributed by atoms with Crippen molar-refractivity contribution in [1.29, 1.82) is 0 Å². The lowest BCUT2D eigenvalue weighted by Crippen LogP contribution is -2.26. The van der Waals surface area contributed by atoms with Gasteiger partial charge in [-0.1, -0.05) is 11.6 Å². The molecule has 1 atom stereocenters. The third-order valence-electron chi connectivity index (χ3n) is 2.36. The number of nitrogens with one attached hydrogen (secondary N) is 1. The Kier molecular flexibility index (Phi) is 5.84. The van der Waals surface area contributed by atoms with E-state index in [9.17, 15) is 10.1 Å². The molecular weight excluding hydrogens is 260 g/mol. The molecular formula is C11H15ClN2O4. The van der Waals surface area contributed by atoms with Gasteiger partial charge in [0.2, 0.25) is 0 Å². The number of rotatable bonds is 7. The van der Waals surface area contributed by atoms with Gasteiger partial charge in [0.15, 0.2) is 0 Å². The largest absolute Gasteiger partial charge is 0.396 e. The molecule has 1 aromatic rings. The summed E-state index contributed by atoms with van der Waals surface area (Å²) in [7, 11) is 1.53. The number of benzene rings is 1. The van der Waals surface area contributed by atoms with E-state index in [1.54, 1.807) is 12.1 Å². The first kappa shape index (κ1) is 14.7. The van der Waals surface area contributed by atoms with Crippen molar-refractivity contribution in [1.82, 2.24) is 0 Å². The van der Waals surface area contributed by atoms with Gasteiger partial charge in [-0.2, -0.15) is 0 Å². The quantitative estimate of drug-likeness (QED) is 0.587. The molecule has 0 amide bonds. The molecule has 0 bridgehead atoms. The van der Waals surface area contributed by atoms with Crippen LogP contribution in [0.3, 0.4) is 0 Å². The Morgan fingerprint density at radius 3 is 2.89 bits per heavy atom. The number of halogens is 1. The predicted molar refractivity (Wildman–Crippen MR) is 69.1 cm³/mol. The van der Waals surface area contributed by atoms with Crippen molar-refractivity contribution in [3.63, 3.8) is 0 Å². The lowest BCUT2D eigenvalue weighted by atomic mass is 10.2. The summed E-state index contributed by atoms with van der Waals surface area (Å²) in [4.78, 5) is 10.4. The Hall–Kier alpha value is -1.37. The Morgan fingerprint density at radius 2 is 2.33 bits per heavy atom. The molecule has 1 rings (SSSR count). The predicted octanol–water partition coefficient (Wildman–Crippen LogP) is 2.06. The monoisotopic (exact) mass is 274 g/mol. The van der Waals surface area contributed by atoms with Gasteiger partial charge in [-0.25, -0.2) is 0 Å². The van der Waals surface area contributed by atoms with Crippen molar-refractivity contribution < 1.29 is 14.8 Å². The normalized spacial score (nSPS) is 12.2. The molecule has 0 aliphatic heterocycles. The average molecular weight is 275 g/mol. The van der Waals surface area contributed by atoms with Crippen LogP contribution >= 0.6 is 11.6 Å². The maximum Gasteiger partial charge on any atom is 0.293 e. The second kappa shape index (κ2) is 7.15. The van der Waals surface area contributed by atoms with Gasteiger partial charge in [-0.05, 0) is 18.6 Å². The molecule has 1 unspecified atom stereocenters. The fourth-order valence-corrected chi connectivity index (χ4v) is 1.72. The molecule has 0 spiro atoms. The number of nitro groups is 1. The highest BCUT2D eigenvalue weighted by molar-refractivity contribution is 6.30. The minimum absolute atomic E-state index is 0.0254. The minimum atomic E-state index is -0.503. The number of methoxy groups -OCH3 is 1. The zero-order valence-electron chi connectivity index (χ0n) is 9.93. The molecule has 0 heterocycles. The molecule has 100 valence electrons. The topological polar surface area (TPSA) is 84.6 Å². The number of nitrogens with zero attached hydrogens (tertiary/aromatic N) is 1. The first-order chi connectivity index (χ1) is 8.58. The van der Waals surface area contributed by atoms with E-state index in [1.165, 1.54) is 13.2 Å². The lowest BCUT2D eigenvalue weighted by Gasteiger charge is -2.18. The number of ether oxygens (including phenoxy) is 1. The molecule has 0 saturated carbocycles. The molecule has 0 aliphatic carbocycles. The zero-order valence-corrected chi connectivity index (χ0v) is 10.7. The summed E-state index contributed by atoms with van der Waals surface area (Å²) in [5, 5.41) is 23.1. The summed E-state index contributed by atoms with van der Waals surface area (Å²) in [6.45, 7) is 0.322. The van der Waals surface area contributed by atoms with E-state index < -0.39 is 4.92 Å². The fraction of sp³-hybridized carbons (Fsp3) is 0.455. The van der Waals surface area contributed by atoms with Gasteiger partial charge >= 0.3 is 0 Å². The van der Waals surface area contributed by atoms with E-state index in [0.717, 1.165) is 0 Å². The van der Waals surface area contributed by atoms with Gasteiger partial charge in [0.1, 0.15) is 5.69 Å². The summed E-state index contributed by atoms with van der Waals surface area (Å²) >= 11 is 5.72. The molecule has 0 radical (unpaired) electrons. The van der Waals surface area contributed by atoms with Crippen LogP contribution in [-0.4, -0.2) is 36.4 Å². The molecule has 7 heteroatoms. The van der Waals surface area contributed by atoms with Crippen molar-refractivity contribution in [3.05, 3.63) is 33.3 Å². The van der Waals surface area contributed by atoms with Crippen LogP contribution in [0.15, 0.2) is 18.2 Å². The van der Waals surface area contributed by atoms with Crippen LogP contribution in [-0.2, 0) is 4.74 Å². The number of aliphatic hydroxyl groups excluding tert-OH is 1. The molecule has 18 heavy (non-hydrogen) atoms. The highest BCUT2D eigenvalue weighted by Crippen LogP contribution is 2.28.